The van der Waals surface area contributed by atoms with E-state index in [4.69, 9.17) is 0 Å². The highest BCUT2D eigenvalue weighted by atomic mass is 16.1. The molecule has 0 saturated carbocycles. The molecular formula is C12H14N6O. The summed E-state index contributed by atoms with van der Waals surface area (Å²) in [5, 5.41) is 17.2. The van der Waals surface area contributed by atoms with E-state index in [2.05, 4.69) is 26.2 Å². The predicted octanol–water partition coefficient (Wildman–Crippen LogP) is -0.246. The zero-order valence-electron chi connectivity index (χ0n) is 10.3. The van der Waals surface area contributed by atoms with Gasteiger partial charge in [-0.05, 0) is 41.6 Å². The van der Waals surface area contributed by atoms with Crippen LogP contribution < -0.4 is 10.6 Å². The molecule has 98 valence electrons. The van der Waals surface area contributed by atoms with Crippen molar-refractivity contribution in [3.8, 4) is 5.69 Å². The summed E-state index contributed by atoms with van der Waals surface area (Å²) in [7, 11) is 0. The Morgan fingerprint density at radius 3 is 3.16 bits per heavy atom. The summed E-state index contributed by atoms with van der Waals surface area (Å²) in [6, 6.07) is 7.44. The molecule has 2 N–H and O–H groups in total. The number of hydrogen-bond acceptors (Lipinski definition) is 5. The van der Waals surface area contributed by atoms with E-state index >= 15 is 0 Å². The van der Waals surface area contributed by atoms with Gasteiger partial charge in [0, 0.05) is 18.2 Å². The Morgan fingerprint density at radius 1 is 1.47 bits per heavy atom. The minimum atomic E-state index is -0.0661. The van der Waals surface area contributed by atoms with Gasteiger partial charge in [0.2, 0.25) is 0 Å². The van der Waals surface area contributed by atoms with Gasteiger partial charge in [0.05, 0.1) is 5.69 Å². The second kappa shape index (κ2) is 5.15. The molecule has 1 aliphatic rings. The van der Waals surface area contributed by atoms with E-state index in [-0.39, 0.29) is 11.9 Å². The monoisotopic (exact) mass is 258 g/mol. The first-order valence-electron chi connectivity index (χ1n) is 6.18. The van der Waals surface area contributed by atoms with Gasteiger partial charge in [-0.1, -0.05) is 6.07 Å². The van der Waals surface area contributed by atoms with E-state index in [1.807, 2.05) is 12.1 Å². The standard InChI is InChI=1S/C12H14N6O/c19-12(15-10-4-5-13-7-10)9-2-1-3-11(6-9)18-8-14-16-17-18/h1-3,6,8,10,13H,4-5,7H2,(H,15,19). The van der Waals surface area contributed by atoms with Crippen LogP contribution in [0.1, 0.15) is 16.8 Å². The SMILES string of the molecule is O=C(NC1CCNC1)c1cccc(-n2cnnn2)c1. The molecule has 19 heavy (non-hydrogen) atoms. The number of nitrogens with zero attached hydrogens (tertiary/aromatic N) is 4. The van der Waals surface area contributed by atoms with Gasteiger partial charge >= 0.3 is 0 Å². The van der Waals surface area contributed by atoms with Crippen LogP contribution in [0.5, 0.6) is 0 Å². The van der Waals surface area contributed by atoms with Gasteiger partial charge in [-0.25, -0.2) is 4.68 Å². The van der Waals surface area contributed by atoms with Crippen molar-refractivity contribution in [3.05, 3.63) is 36.2 Å². The first-order valence-corrected chi connectivity index (χ1v) is 6.18. The van der Waals surface area contributed by atoms with Gasteiger partial charge in [-0.15, -0.1) is 5.10 Å². The van der Waals surface area contributed by atoms with Crippen LogP contribution in [0.3, 0.4) is 0 Å². The van der Waals surface area contributed by atoms with Crippen LogP contribution in [0.25, 0.3) is 5.69 Å². The van der Waals surface area contributed by atoms with E-state index in [0.29, 0.717) is 5.56 Å². The lowest BCUT2D eigenvalue weighted by Gasteiger charge is -2.11. The molecule has 1 saturated heterocycles. The number of nitrogens with one attached hydrogen (secondary N) is 2. The maximum absolute atomic E-state index is 12.1. The Morgan fingerprint density at radius 2 is 2.42 bits per heavy atom. The van der Waals surface area contributed by atoms with Gasteiger partial charge in [0.15, 0.2) is 0 Å². The summed E-state index contributed by atoms with van der Waals surface area (Å²) in [5.74, 6) is -0.0661. The Balaban J connectivity index is 1.77. The number of rotatable bonds is 3. The molecule has 7 heteroatoms. The minimum absolute atomic E-state index is 0.0661. The van der Waals surface area contributed by atoms with Crippen LogP contribution in [0.2, 0.25) is 0 Å². The fraction of sp³-hybridized carbons (Fsp3) is 0.333. The highest BCUT2D eigenvalue weighted by Gasteiger charge is 2.17. The summed E-state index contributed by atoms with van der Waals surface area (Å²) < 4.78 is 1.52. The van der Waals surface area contributed by atoms with Crippen molar-refractivity contribution in [2.24, 2.45) is 0 Å². The fourth-order valence-electron chi connectivity index (χ4n) is 2.12. The van der Waals surface area contributed by atoms with Gasteiger partial charge in [0.1, 0.15) is 6.33 Å². The Kier molecular flexibility index (Phi) is 3.20. The van der Waals surface area contributed by atoms with Crippen molar-refractivity contribution in [2.75, 3.05) is 13.1 Å². The number of carbonyl (C=O) groups excluding carboxylic acids is 1. The molecule has 1 atom stereocenters. The molecule has 0 aliphatic carbocycles. The van der Waals surface area contributed by atoms with Crippen molar-refractivity contribution in [1.82, 2.24) is 30.8 Å². The lowest BCUT2D eigenvalue weighted by atomic mass is 10.1. The second-order valence-corrected chi connectivity index (χ2v) is 4.47. The Labute approximate surface area is 110 Å². The molecule has 1 aromatic carbocycles. The smallest absolute Gasteiger partial charge is 0.251 e. The Hall–Kier alpha value is -2.28. The molecule has 0 spiro atoms. The molecule has 1 aliphatic heterocycles. The molecule has 0 radical (unpaired) electrons. The van der Waals surface area contributed by atoms with E-state index < -0.39 is 0 Å². The van der Waals surface area contributed by atoms with Crippen LogP contribution in [0.15, 0.2) is 30.6 Å². The topological polar surface area (TPSA) is 84.7 Å². The first-order chi connectivity index (χ1) is 9.33. The van der Waals surface area contributed by atoms with Crippen LogP contribution in [-0.2, 0) is 0 Å². The van der Waals surface area contributed by atoms with Gasteiger partial charge < -0.3 is 10.6 Å². The average Bonchev–Trinajstić information content (AvgIpc) is 3.12. The summed E-state index contributed by atoms with van der Waals surface area (Å²) in [4.78, 5) is 12.1. The maximum Gasteiger partial charge on any atom is 0.251 e. The predicted molar refractivity (Wildman–Crippen MR) is 67.9 cm³/mol. The largest absolute Gasteiger partial charge is 0.348 e. The van der Waals surface area contributed by atoms with Crippen molar-refractivity contribution in [3.63, 3.8) is 0 Å². The lowest BCUT2D eigenvalue weighted by Crippen LogP contribution is -2.36. The van der Waals surface area contributed by atoms with Crippen molar-refractivity contribution >= 4 is 5.91 Å². The lowest BCUT2D eigenvalue weighted by molar-refractivity contribution is 0.0940. The number of aromatic nitrogens is 4. The highest BCUT2D eigenvalue weighted by molar-refractivity contribution is 5.94. The van der Waals surface area contributed by atoms with Gasteiger partial charge in [-0.2, -0.15) is 0 Å². The third-order valence-corrected chi connectivity index (χ3v) is 3.12. The third kappa shape index (κ3) is 2.60. The molecule has 1 aromatic heterocycles. The van der Waals surface area contributed by atoms with E-state index in [0.717, 1.165) is 25.2 Å². The number of hydrogen-bond donors (Lipinski definition) is 2. The zero-order valence-corrected chi connectivity index (χ0v) is 10.3. The average molecular weight is 258 g/mol. The van der Waals surface area contributed by atoms with E-state index in [1.165, 1.54) is 11.0 Å². The van der Waals surface area contributed by atoms with E-state index in [9.17, 15) is 4.79 Å². The normalized spacial score (nSPS) is 18.4. The van der Waals surface area contributed by atoms with Crippen molar-refractivity contribution in [1.29, 1.82) is 0 Å². The molecule has 0 bridgehead atoms. The molecule has 2 heterocycles. The number of benzene rings is 1. The summed E-state index contributed by atoms with van der Waals surface area (Å²) in [5.41, 5.74) is 1.38. The van der Waals surface area contributed by atoms with Gasteiger partial charge in [-0.3, -0.25) is 4.79 Å². The summed E-state index contributed by atoms with van der Waals surface area (Å²) in [6.07, 6.45) is 2.47. The molecule has 2 aromatic rings. The highest BCUT2D eigenvalue weighted by Crippen LogP contribution is 2.09. The van der Waals surface area contributed by atoms with Crippen LogP contribution >= 0.6 is 0 Å². The number of amides is 1. The fourth-order valence-corrected chi connectivity index (χ4v) is 2.12. The van der Waals surface area contributed by atoms with Crippen LogP contribution in [0, 0.1) is 0 Å². The molecule has 1 fully saturated rings. The van der Waals surface area contributed by atoms with E-state index in [1.54, 1.807) is 12.1 Å². The third-order valence-electron chi connectivity index (χ3n) is 3.12. The molecule has 1 unspecified atom stereocenters. The van der Waals surface area contributed by atoms with Crippen molar-refractivity contribution < 1.29 is 4.79 Å². The molecule has 1 amide bonds. The molecular weight excluding hydrogens is 244 g/mol. The minimum Gasteiger partial charge on any atom is -0.348 e. The maximum atomic E-state index is 12.1. The van der Waals surface area contributed by atoms with Crippen LogP contribution in [0.4, 0.5) is 0 Å². The summed E-state index contributed by atoms with van der Waals surface area (Å²) >= 11 is 0. The van der Waals surface area contributed by atoms with Crippen molar-refractivity contribution in [2.45, 2.75) is 12.5 Å². The second-order valence-electron chi connectivity index (χ2n) is 4.47. The van der Waals surface area contributed by atoms with Crippen LogP contribution in [-0.4, -0.2) is 45.2 Å². The number of carbonyl (C=O) groups is 1. The number of tetrazole rings is 1. The zero-order chi connectivity index (χ0) is 13.1. The molecule has 3 rings (SSSR count). The first kappa shape index (κ1) is 11.8. The van der Waals surface area contributed by atoms with Gasteiger partial charge in [0.25, 0.3) is 5.91 Å². The Bertz CT molecular complexity index is 561. The molecule has 7 nitrogen and oxygen atoms in total. The quantitative estimate of drug-likeness (QED) is 0.793. The summed E-state index contributed by atoms with van der Waals surface area (Å²) in [6.45, 7) is 1.79.